The van der Waals surface area contributed by atoms with E-state index in [0.717, 1.165) is 5.69 Å². The van der Waals surface area contributed by atoms with Gasteiger partial charge in [-0.2, -0.15) is 0 Å². The van der Waals surface area contributed by atoms with Crippen molar-refractivity contribution in [3.05, 3.63) is 24.3 Å². The Hall–Kier alpha value is -1.07. The van der Waals surface area contributed by atoms with Crippen molar-refractivity contribution in [3.63, 3.8) is 0 Å². The lowest BCUT2D eigenvalue weighted by molar-refractivity contribution is 0.644. The Morgan fingerprint density at radius 3 is 2.88 bits per heavy atom. The van der Waals surface area contributed by atoms with Gasteiger partial charge in [-0.1, -0.05) is 6.07 Å². The third-order valence-electron chi connectivity index (χ3n) is 1.73. The first-order valence-corrected chi connectivity index (χ1v) is 6.41. The zero-order chi connectivity index (χ0) is 12.0. The number of anilines is 1. The number of nitrogens with zero attached hydrogens (tertiary/aromatic N) is 2. The van der Waals surface area contributed by atoms with Crippen LogP contribution in [0.3, 0.4) is 0 Å². The molecule has 0 unspecified atom stereocenters. The molecule has 0 atom stereocenters. The first kappa shape index (κ1) is 13.0. The summed E-state index contributed by atoms with van der Waals surface area (Å²) in [6.07, 6.45) is 3.72. The van der Waals surface area contributed by atoms with Crippen LogP contribution in [0.2, 0.25) is 0 Å². The minimum Gasteiger partial charge on any atom is -0.369 e. The predicted molar refractivity (Wildman–Crippen MR) is 76.6 cm³/mol. The summed E-state index contributed by atoms with van der Waals surface area (Å²) in [5.41, 5.74) is 0.966. The molecule has 0 fully saturated rings. The first-order chi connectivity index (χ1) is 7.61. The molecular weight excluding hydrogens is 238 g/mol. The van der Waals surface area contributed by atoms with Crippen LogP contribution in [-0.4, -0.2) is 36.7 Å². The summed E-state index contributed by atoms with van der Waals surface area (Å²) in [7, 11) is 3.81. The molecule has 0 radical (unpaired) electrons. The van der Waals surface area contributed by atoms with Gasteiger partial charge < -0.3 is 10.2 Å². The number of nitrogens with one attached hydrogen (secondary N) is 1. The zero-order valence-corrected chi connectivity index (χ0v) is 11.2. The molecular formula is C11H15N3S2. The molecule has 86 valence electrons. The van der Waals surface area contributed by atoms with Crippen molar-refractivity contribution >= 4 is 41.1 Å². The smallest absolute Gasteiger partial charge is 0.198 e. The van der Waals surface area contributed by atoms with E-state index in [1.807, 2.05) is 43.5 Å². The van der Waals surface area contributed by atoms with Crippen LogP contribution in [0.1, 0.15) is 0 Å². The number of aliphatic imine (C=N–C) groups is 1. The molecule has 0 saturated carbocycles. The van der Waals surface area contributed by atoms with E-state index < -0.39 is 0 Å². The molecule has 0 aliphatic heterocycles. The summed E-state index contributed by atoms with van der Waals surface area (Å²) in [5.74, 6) is 0. The molecule has 1 N–H and O–H groups in total. The summed E-state index contributed by atoms with van der Waals surface area (Å²) in [6.45, 7) is 0. The Morgan fingerprint density at radius 1 is 1.50 bits per heavy atom. The van der Waals surface area contributed by atoms with Gasteiger partial charge in [0.25, 0.3) is 0 Å². The molecule has 0 heterocycles. The molecule has 0 saturated heterocycles. The van der Waals surface area contributed by atoms with Crippen LogP contribution in [0.4, 0.5) is 5.69 Å². The molecule has 0 bridgehead atoms. The Kier molecular flexibility index (Phi) is 5.28. The maximum Gasteiger partial charge on any atom is 0.198 e. The summed E-state index contributed by atoms with van der Waals surface area (Å²) >= 11 is 6.79. The average Bonchev–Trinajstić information content (AvgIpc) is 2.26. The minimum atomic E-state index is 0.465. The lowest BCUT2D eigenvalue weighted by atomic mass is 10.3. The van der Waals surface area contributed by atoms with E-state index >= 15 is 0 Å². The van der Waals surface area contributed by atoms with Crippen LogP contribution in [-0.2, 0) is 0 Å². The Balaban J connectivity index is 2.62. The number of hydrogen-bond donors (Lipinski definition) is 1. The van der Waals surface area contributed by atoms with Gasteiger partial charge in [-0.05, 0) is 36.7 Å². The fourth-order valence-electron chi connectivity index (χ4n) is 1.02. The summed E-state index contributed by atoms with van der Waals surface area (Å²) in [5, 5.41) is 3.53. The van der Waals surface area contributed by atoms with Crippen molar-refractivity contribution in [2.45, 2.75) is 4.90 Å². The second-order valence-electron chi connectivity index (χ2n) is 3.37. The van der Waals surface area contributed by atoms with Crippen molar-refractivity contribution in [2.75, 3.05) is 25.7 Å². The standard InChI is InChI=1S/C11H15N3S2/c1-14(2)8-12-11(15)13-9-5-4-6-10(7-9)16-3/h4-8H,1-3H3,(H,13,15). The van der Waals surface area contributed by atoms with E-state index in [-0.39, 0.29) is 0 Å². The summed E-state index contributed by atoms with van der Waals surface area (Å²) in [6, 6.07) is 8.06. The average molecular weight is 253 g/mol. The molecule has 1 aromatic carbocycles. The van der Waals surface area contributed by atoms with Crippen molar-refractivity contribution in [3.8, 4) is 0 Å². The quantitative estimate of drug-likeness (QED) is 0.388. The SMILES string of the molecule is CSc1cccc(NC(=S)N=CN(C)C)c1. The molecule has 0 aliphatic rings. The first-order valence-electron chi connectivity index (χ1n) is 4.77. The van der Waals surface area contributed by atoms with E-state index in [9.17, 15) is 0 Å². The monoisotopic (exact) mass is 253 g/mol. The summed E-state index contributed by atoms with van der Waals surface area (Å²) in [4.78, 5) is 7.13. The number of hydrogen-bond acceptors (Lipinski definition) is 2. The molecule has 0 aliphatic carbocycles. The molecule has 0 amide bonds. The largest absolute Gasteiger partial charge is 0.369 e. The molecule has 5 heteroatoms. The van der Waals surface area contributed by atoms with Crippen molar-refractivity contribution < 1.29 is 0 Å². The number of rotatable bonds is 3. The van der Waals surface area contributed by atoms with Gasteiger partial charge in [-0.25, -0.2) is 4.99 Å². The molecule has 1 aromatic rings. The van der Waals surface area contributed by atoms with Gasteiger partial charge in [0.05, 0.1) is 6.34 Å². The van der Waals surface area contributed by atoms with E-state index in [1.54, 1.807) is 18.1 Å². The number of benzene rings is 1. The normalized spacial score (nSPS) is 10.4. The maximum absolute atomic E-state index is 5.09. The predicted octanol–water partition coefficient (Wildman–Crippen LogP) is 2.70. The van der Waals surface area contributed by atoms with E-state index in [4.69, 9.17) is 12.2 Å². The van der Waals surface area contributed by atoms with Gasteiger partial charge in [0.1, 0.15) is 0 Å². The Morgan fingerprint density at radius 2 is 2.25 bits per heavy atom. The van der Waals surface area contributed by atoms with Gasteiger partial charge in [0.2, 0.25) is 0 Å². The number of thioether (sulfide) groups is 1. The lowest BCUT2D eigenvalue weighted by Gasteiger charge is -2.06. The molecule has 0 spiro atoms. The highest BCUT2D eigenvalue weighted by molar-refractivity contribution is 7.98. The maximum atomic E-state index is 5.09. The van der Waals surface area contributed by atoms with E-state index in [1.165, 1.54) is 4.90 Å². The third kappa shape index (κ3) is 4.63. The van der Waals surface area contributed by atoms with Gasteiger partial charge in [0.15, 0.2) is 5.11 Å². The van der Waals surface area contributed by atoms with Gasteiger partial charge in [-0.3, -0.25) is 0 Å². The molecule has 0 aromatic heterocycles. The highest BCUT2D eigenvalue weighted by atomic mass is 32.2. The van der Waals surface area contributed by atoms with Crippen LogP contribution < -0.4 is 5.32 Å². The van der Waals surface area contributed by atoms with E-state index in [0.29, 0.717) is 5.11 Å². The molecule has 3 nitrogen and oxygen atoms in total. The van der Waals surface area contributed by atoms with Crippen molar-refractivity contribution in [1.82, 2.24) is 4.90 Å². The summed E-state index contributed by atoms with van der Waals surface area (Å²) < 4.78 is 0. The zero-order valence-electron chi connectivity index (χ0n) is 9.60. The van der Waals surface area contributed by atoms with Crippen LogP contribution in [0.25, 0.3) is 0 Å². The fourth-order valence-corrected chi connectivity index (χ4v) is 1.65. The topological polar surface area (TPSA) is 27.6 Å². The van der Waals surface area contributed by atoms with Gasteiger partial charge in [0, 0.05) is 24.7 Å². The van der Waals surface area contributed by atoms with Crippen LogP contribution in [0.5, 0.6) is 0 Å². The van der Waals surface area contributed by atoms with Crippen LogP contribution in [0, 0.1) is 0 Å². The van der Waals surface area contributed by atoms with Crippen LogP contribution >= 0.6 is 24.0 Å². The Bertz CT molecular complexity index is 389. The Labute approximate surface area is 106 Å². The molecule has 16 heavy (non-hydrogen) atoms. The molecule has 1 rings (SSSR count). The highest BCUT2D eigenvalue weighted by Crippen LogP contribution is 2.18. The van der Waals surface area contributed by atoms with Gasteiger partial charge >= 0.3 is 0 Å². The second-order valence-corrected chi connectivity index (χ2v) is 4.64. The van der Waals surface area contributed by atoms with E-state index in [2.05, 4.69) is 16.4 Å². The van der Waals surface area contributed by atoms with Gasteiger partial charge in [-0.15, -0.1) is 11.8 Å². The highest BCUT2D eigenvalue weighted by Gasteiger charge is 1.96. The lowest BCUT2D eigenvalue weighted by Crippen LogP contribution is -2.12. The van der Waals surface area contributed by atoms with Crippen molar-refractivity contribution in [1.29, 1.82) is 0 Å². The minimum absolute atomic E-state index is 0.465. The van der Waals surface area contributed by atoms with Crippen LogP contribution in [0.15, 0.2) is 34.2 Å². The third-order valence-corrected chi connectivity index (χ3v) is 2.66. The fraction of sp³-hybridized carbons (Fsp3) is 0.273. The second kappa shape index (κ2) is 6.50. The number of thiocarbonyl (C=S) groups is 1. The van der Waals surface area contributed by atoms with Crippen molar-refractivity contribution in [2.24, 2.45) is 4.99 Å².